The first kappa shape index (κ1) is 11.7. The average molecular weight is 198 g/mol. The Morgan fingerprint density at radius 2 is 2.00 bits per heavy atom. The van der Waals surface area contributed by atoms with Crippen molar-refractivity contribution in [3.63, 3.8) is 0 Å². The summed E-state index contributed by atoms with van der Waals surface area (Å²) in [6, 6.07) is 0. The summed E-state index contributed by atoms with van der Waals surface area (Å²) in [4.78, 5) is 11.3. The molecule has 1 atom stereocenters. The van der Waals surface area contributed by atoms with E-state index in [0.29, 0.717) is 12.3 Å². The van der Waals surface area contributed by atoms with Gasteiger partial charge in [0.15, 0.2) is 5.78 Å². The van der Waals surface area contributed by atoms with Crippen molar-refractivity contribution in [3.8, 4) is 0 Å². The predicted molar refractivity (Wildman–Crippen MR) is 57.3 cm³/mol. The molecule has 0 aliphatic heterocycles. The lowest BCUT2D eigenvalue weighted by Gasteiger charge is -2.22. The van der Waals surface area contributed by atoms with Gasteiger partial charge >= 0.3 is 0 Å². The minimum Gasteiger partial charge on any atom is -0.370 e. The quantitative estimate of drug-likeness (QED) is 0.679. The Labute approximate surface area is 87.0 Å². The van der Waals surface area contributed by atoms with E-state index in [2.05, 4.69) is 0 Å². The van der Waals surface area contributed by atoms with Crippen molar-refractivity contribution in [2.75, 3.05) is 6.61 Å². The van der Waals surface area contributed by atoms with Gasteiger partial charge < -0.3 is 4.74 Å². The van der Waals surface area contributed by atoms with Crippen molar-refractivity contribution in [2.45, 2.75) is 58.5 Å². The Bertz CT molecular complexity index is 171. The summed E-state index contributed by atoms with van der Waals surface area (Å²) in [6.07, 6.45) is 7.02. The maximum atomic E-state index is 11.3. The molecule has 0 radical (unpaired) electrons. The Kier molecular flexibility index (Phi) is 5.16. The lowest BCUT2D eigenvalue weighted by Crippen LogP contribution is -2.24. The third-order valence-corrected chi connectivity index (χ3v) is 3.11. The van der Waals surface area contributed by atoms with E-state index in [0.717, 1.165) is 6.61 Å². The Balaban J connectivity index is 2.15. The van der Waals surface area contributed by atoms with Gasteiger partial charge in [-0.05, 0) is 25.7 Å². The molecule has 1 fully saturated rings. The third-order valence-electron chi connectivity index (χ3n) is 3.11. The zero-order chi connectivity index (χ0) is 10.4. The number of carbonyl (C=O) groups is 1. The number of ether oxygens (including phenoxy) is 1. The van der Waals surface area contributed by atoms with Crippen LogP contribution >= 0.6 is 0 Å². The van der Waals surface area contributed by atoms with Crippen LogP contribution in [0.5, 0.6) is 0 Å². The number of rotatable bonds is 5. The van der Waals surface area contributed by atoms with Crippen LogP contribution in [0.1, 0.15) is 52.4 Å². The van der Waals surface area contributed by atoms with Crippen LogP contribution in [0.25, 0.3) is 0 Å². The van der Waals surface area contributed by atoms with Gasteiger partial charge in [0, 0.05) is 6.42 Å². The highest BCUT2D eigenvalue weighted by molar-refractivity contribution is 5.82. The summed E-state index contributed by atoms with van der Waals surface area (Å²) < 4.78 is 5.58. The van der Waals surface area contributed by atoms with Gasteiger partial charge in [-0.25, -0.2) is 0 Å². The van der Waals surface area contributed by atoms with E-state index < -0.39 is 0 Å². The summed E-state index contributed by atoms with van der Waals surface area (Å²) in [5.41, 5.74) is 0. The predicted octanol–water partition coefficient (Wildman–Crippen LogP) is 2.95. The van der Waals surface area contributed by atoms with E-state index in [-0.39, 0.29) is 11.9 Å². The molecule has 1 saturated carbocycles. The summed E-state index contributed by atoms with van der Waals surface area (Å²) in [5, 5.41) is 0. The summed E-state index contributed by atoms with van der Waals surface area (Å²) in [7, 11) is 0. The molecule has 0 aromatic rings. The average Bonchev–Trinajstić information content (AvgIpc) is 2.26. The molecule has 2 heteroatoms. The van der Waals surface area contributed by atoms with Gasteiger partial charge in [-0.2, -0.15) is 0 Å². The molecule has 1 rings (SSSR count). The van der Waals surface area contributed by atoms with Crippen LogP contribution in [-0.2, 0) is 9.53 Å². The highest BCUT2D eigenvalue weighted by Crippen LogP contribution is 2.24. The van der Waals surface area contributed by atoms with Crippen molar-refractivity contribution in [3.05, 3.63) is 0 Å². The molecule has 0 bridgehead atoms. The molecule has 2 nitrogen and oxygen atoms in total. The molecular weight excluding hydrogens is 176 g/mol. The highest BCUT2D eigenvalue weighted by atomic mass is 16.5. The van der Waals surface area contributed by atoms with Crippen LogP contribution in [0.2, 0.25) is 0 Å². The van der Waals surface area contributed by atoms with E-state index in [1.807, 2.05) is 13.8 Å². The zero-order valence-corrected chi connectivity index (χ0v) is 9.42. The van der Waals surface area contributed by atoms with E-state index in [4.69, 9.17) is 4.74 Å². The minimum absolute atomic E-state index is 0.193. The number of hydrogen-bond acceptors (Lipinski definition) is 2. The lowest BCUT2D eigenvalue weighted by atomic mass is 9.90. The Morgan fingerprint density at radius 3 is 2.57 bits per heavy atom. The Morgan fingerprint density at radius 1 is 1.36 bits per heavy atom. The molecule has 0 saturated heterocycles. The first-order chi connectivity index (χ1) is 6.74. The fraction of sp³-hybridized carbons (Fsp3) is 0.917. The molecule has 0 N–H and O–H groups in total. The normalized spacial score (nSPS) is 20.7. The zero-order valence-electron chi connectivity index (χ0n) is 9.42. The van der Waals surface area contributed by atoms with Gasteiger partial charge in [0.05, 0.1) is 6.61 Å². The second kappa shape index (κ2) is 6.18. The van der Waals surface area contributed by atoms with Crippen molar-refractivity contribution in [1.82, 2.24) is 0 Å². The van der Waals surface area contributed by atoms with Crippen LogP contribution in [-0.4, -0.2) is 18.5 Å². The standard InChI is InChI=1S/C12H22O2/c1-3-12(13)10(2)14-9-11-7-5-4-6-8-11/h10-11H,3-9H2,1-2H3. The van der Waals surface area contributed by atoms with Crippen molar-refractivity contribution >= 4 is 5.78 Å². The molecule has 0 amide bonds. The largest absolute Gasteiger partial charge is 0.370 e. The van der Waals surface area contributed by atoms with E-state index in [1.54, 1.807) is 0 Å². The summed E-state index contributed by atoms with van der Waals surface area (Å²) in [5.74, 6) is 0.927. The number of Topliss-reactive ketones (excluding diaryl/α,β-unsaturated/α-hetero) is 1. The molecule has 14 heavy (non-hydrogen) atoms. The van der Waals surface area contributed by atoms with Crippen LogP contribution in [0.15, 0.2) is 0 Å². The van der Waals surface area contributed by atoms with Crippen molar-refractivity contribution in [1.29, 1.82) is 0 Å². The van der Waals surface area contributed by atoms with Crippen LogP contribution < -0.4 is 0 Å². The second-order valence-electron chi connectivity index (χ2n) is 4.30. The number of ketones is 1. The Hall–Kier alpha value is -0.370. The molecule has 0 spiro atoms. The molecule has 0 heterocycles. The fourth-order valence-electron chi connectivity index (χ4n) is 2.01. The molecule has 1 aliphatic rings. The van der Waals surface area contributed by atoms with Crippen LogP contribution in [0, 0.1) is 5.92 Å². The first-order valence-corrected chi connectivity index (χ1v) is 5.88. The SMILES string of the molecule is CCC(=O)C(C)OCC1CCCCC1. The second-order valence-corrected chi connectivity index (χ2v) is 4.30. The third kappa shape index (κ3) is 3.79. The number of carbonyl (C=O) groups excluding carboxylic acids is 1. The molecule has 1 unspecified atom stereocenters. The summed E-state index contributed by atoms with van der Waals surface area (Å²) >= 11 is 0. The van der Waals surface area contributed by atoms with Gasteiger partial charge in [0.2, 0.25) is 0 Å². The smallest absolute Gasteiger partial charge is 0.160 e. The molecular formula is C12H22O2. The monoisotopic (exact) mass is 198 g/mol. The molecule has 0 aromatic carbocycles. The van der Waals surface area contributed by atoms with E-state index >= 15 is 0 Å². The summed E-state index contributed by atoms with van der Waals surface area (Å²) in [6.45, 7) is 4.55. The maximum Gasteiger partial charge on any atom is 0.160 e. The molecule has 1 aliphatic carbocycles. The molecule has 82 valence electrons. The van der Waals surface area contributed by atoms with Gasteiger partial charge in [0.1, 0.15) is 6.10 Å². The number of hydrogen-bond donors (Lipinski definition) is 0. The van der Waals surface area contributed by atoms with Gasteiger partial charge in [-0.15, -0.1) is 0 Å². The highest BCUT2D eigenvalue weighted by Gasteiger charge is 2.17. The lowest BCUT2D eigenvalue weighted by molar-refractivity contribution is -0.130. The topological polar surface area (TPSA) is 26.3 Å². The van der Waals surface area contributed by atoms with Crippen molar-refractivity contribution in [2.24, 2.45) is 5.92 Å². The maximum absolute atomic E-state index is 11.3. The van der Waals surface area contributed by atoms with Crippen LogP contribution in [0.4, 0.5) is 0 Å². The van der Waals surface area contributed by atoms with E-state index in [1.165, 1.54) is 32.1 Å². The fourth-order valence-corrected chi connectivity index (χ4v) is 2.01. The van der Waals surface area contributed by atoms with Gasteiger partial charge in [-0.1, -0.05) is 26.2 Å². The first-order valence-electron chi connectivity index (χ1n) is 5.88. The van der Waals surface area contributed by atoms with Gasteiger partial charge in [0.25, 0.3) is 0 Å². The van der Waals surface area contributed by atoms with E-state index in [9.17, 15) is 4.79 Å². The van der Waals surface area contributed by atoms with Gasteiger partial charge in [-0.3, -0.25) is 4.79 Å². The molecule has 0 aromatic heterocycles. The van der Waals surface area contributed by atoms with Crippen LogP contribution in [0.3, 0.4) is 0 Å². The minimum atomic E-state index is -0.193. The van der Waals surface area contributed by atoms with Crippen molar-refractivity contribution < 1.29 is 9.53 Å².